The Morgan fingerprint density at radius 3 is 2.38 bits per heavy atom. The van der Waals surface area contributed by atoms with Gasteiger partial charge in [-0.25, -0.2) is 0 Å². The summed E-state index contributed by atoms with van der Waals surface area (Å²) < 4.78 is 8.95. The van der Waals surface area contributed by atoms with E-state index in [2.05, 4.69) is 10.6 Å². The average molecular weight is 569 g/mol. The van der Waals surface area contributed by atoms with Crippen LogP contribution >= 0.6 is 58.0 Å². The first kappa shape index (κ1) is 27.3. The minimum absolute atomic E-state index is 0.233. The minimum Gasteiger partial charge on any atom is -0.382 e. The van der Waals surface area contributed by atoms with Gasteiger partial charge >= 0.3 is 0 Å². The summed E-state index contributed by atoms with van der Waals surface area (Å²) in [4.78, 5) is 25.5. The van der Waals surface area contributed by atoms with Crippen LogP contribution in [0.3, 0.4) is 0 Å². The standard InChI is InChI=1S/C23H23Cl5N2O4/c1-33-7-8-34-6-2-5-29-21(31)17-12-16(3-4-18(17)26)30-22(32)20-19(23(20,27)28)13-9-14(24)11-15(25)10-13/h3-4,9-12,19-20H,2,5-8H2,1H3,(H,29,31)(H,30,32)/t19?,20-/m0/s1. The topological polar surface area (TPSA) is 76.7 Å². The second-order valence-corrected chi connectivity index (χ2v) is 10.5. The number of carbonyl (C=O) groups is 2. The molecule has 2 aromatic rings. The van der Waals surface area contributed by atoms with Gasteiger partial charge in [-0.05, 0) is 48.4 Å². The van der Waals surface area contributed by atoms with Gasteiger partial charge in [0.25, 0.3) is 5.91 Å². The number of anilines is 1. The molecule has 6 nitrogen and oxygen atoms in total. The Labute approximate surface area is 223 Å². The molecule has 0 aliphatic heterocycles. The molecular formula is C23H23Cl5N2O4. The van der Waals surface area contributed by atoms with Crippen LogP contribution in [0.2, 0.25) is 15.1 Å². The van der Waals surface area contributed by atoms with Gasteiger partial charge in [-0.2, -0.15) is 0 Å². The van der Waals surface area contributed by atoms with Crippen LogP contribution in [0.5, 0.6) is 0 Å². The van der Waals surface area contributed by atoms with E-state index in [1.807, 2.05) is 0 Å². The summed E-state index contributed by atoms with van der Waals surface area (Å²) in [7, 11) is 1.60. The predicted octanol–water partition coefficient (Wildman–Crippen LogP) is 5.96. The van der Waals surface area contributed by atoms with Gasteiger partial charge in [0.2, 0.25) is 5.91 Å². The second-order valence-electron chi connectivity index (χ2n) is 7.73. The molecule has 0 spiro atoms. The van der Waals surface area contributed by atoms with E-state index >= 15 is 0 Å². The summed E-state index contributed by atoms with van der Waals surface area (Å²) in [5.74, 6) is -1.96. The van der Waals surface area contributed by atoms with E-state index in [0.717, 1.165) is 0 Å². The molecule has 0 heterocycles. The molecule has 1 unspecified atom stereocenters. The fraction of sp³-hybridized carbons (Fsp3) is 0.391. The Morgan fingerprint density at radius 2 is 1.71 bits per heavy atom. The van der Waals surface area contributed by atoms with E-state index in [9.17, 15) is 9.59 Å². The van der Waals surface area contributed by atoms with E-state index < -0.39 is 22.1 Å². The smallest absolute Gasteiger partial charge is 0.252 e. The summed E-state index contributed by atoms with van der Waals surface area (Å²) in [6.45, 7) is 1.91. The molecule has 11 heteroatoms. The lowest BCUT2D eigenvalue weighted by atomic mass is 10.1. The van der Waals surface area contributed by atoms with E-state index in [0.29, 0.717) is 54.1 Å². The fourth-order valence-electron chi connectivity index (χ4n) is 3.54. The molecule has 0 radical (unpaired) electrons. The maximum atomic E-state index is 12.9. The molecule has 0 bridgehead atoms. The highest BCUT2D eigenvalue weighted by Gasteiger charge is 2.67. The van der Waals surface area contributed by atoms with Crippen molar-refractivity contribution in [3.8, 4) is 0 Å². The van der Waals surface area contributed by atoms with Crippen LogP contribution in [0.4, 0.5) is 5.69 Å². The highest BCUT2D eigenvalue weighted by atomic mass is 35.5. The number of hydrogen-bond acceptors (Lipinski definition) is 4. The van der Waals surface area contributed by atoms with Crippen molar-refractivity contribution < 1.29 is 19.1 Å². The fourth-order valence-corrected chi connectivity index (χ4v) is 5.11. The van der Waals surface area contributed by atoms with Gasteiger partial charge < -0.3 is 20.1 Å². The molecule has 34 heavy (non-hydrogen) atoms. The van der Waals surface area contributed by atoms with Gasteiger partial charge in [-0.15, -0.1) is 23.2 Å². The third-order valence-corrected chi connectivity index (χ3v) is 6.95. The van der Waals surface area contributed by atoms with Crippen LogP contribution in [-0.4, -0.2) is 49.6 Å². The molecule has 3 rings (SSSR count). The molecule has 184 valence electrons. The van der Waals surface area contributed by atoms with E-state index in [-0.39, 0.29) is 16.5 Å². The zero-order valence-electron chi connectivity index (χ0n) is 18.2. The van der Waals surface area contributed by atoms with Crippen LogP contribution in [0.1, 0.15) is 28.3 Å². The molecular weight excluding hydrogens is 546 g/mol. The lowest BCUT2D eigenvalue weighted by Gasteiger charge is -2.10. The third-order valence-electron chi connectivity index (χ3n) is 5.24. The molecule has 1 aliphatic carbocycles. The average Bonchev–Trinajstić information content (AvgIpc) is 3.35. The number of carbonyl (C=O) groups excluding carboxylic acids is 2. The van der Waals surface area contributed by atoms with E-state index in [1.165, 1.54) is 12.1 Å². The Kier molecular flexibility index (Phi) is 9.75. The van der Waals surface area contributed by atoms with Gasteiger partial charge in [0.05, 0.1) is 29.7 Å². The molecule has 2 aromatic carbocycles. The first-order chi connectivity index (χ1) is 16.1. The molecule has 2 atom stereocenters. The number of nitrogens with one attached hydrogen (secondary N) is 2. The van der Waals surface area contributed by atoms with Crippen LogP contribution < -0.4 is 10.6 Å². The number of benzene rings is 2. The molecule has 2 N–H and O–H groups in total. The zero-order chi connectivity index (χ0) is 24.9. The monoisotopic (exact) mass is 566 g/mol. The first-order valence-electron chi connectivity index (χ1n) is 10.4. The highest BCUT2D eigenvalue weighted by molar-refractivity contribution is 6.53. The number of amides is 2. The minimum atomic E-state index is -1.31. The number of methoxy groups -OCH3 is 1. The normalized spacial score (nSPS) is 18.4. The van der Waals surface area contributed by atoms with E-state index in [1.54, 1.807) is 31.4 Å². The molecule has 0 aromatic heterocycles. The van der Waals surface area contributed by atoms with Crippen molar-refractivity contribution in [3.63, 3.8) is 0 Å². The Bertz CT molecular complexity index is 1030. The number of hydrogen-bond donors (Lipinski definition) is 2. The van der Waals surface area contributed by atoms with Gasteiger partial charge in [-0.3, -0.25) is 9.59 Å². The number of ether oxygens (including phenoxy) is 2. The van der Waals surface area contributed by atoms with Crippen LogP contribution in [0, 0.1) is 5.92 Å². The van der Waals surface area contributed by atoms with Crippen molar-refractivity contribution in [2.24, 2.45) is 5.92 Å². The van der Waals surface area contributed by atoms with Gasteiger partial charge in [0, 0.05) is 41.9 Å². The maximum Gasteiger partial charge on any atom is 0.252 e. The van der Waals surface area contributed by atoms with Gasteiger partial charge in [0.15, 0.2) is 0 Å². The quantitative estimate of drug-likeness (QED) is 0.259. The summed E-state index contributed by atoms with van der Waals surface area (Å²) in [6.07, 6.45) is 0.633. The van der Waals surface area contributed by atoms with Crippen molar-refractivity contribution >= 4 is 75.5 Å². The predicted molar refractivity (Wildman–Crippen MR) is 137 cm³/mol. The number of rotatable bonds is 11. The zero-order valence-corrected chi connectivity index (χ0v) is 22.0. The molecule has 1 aliphatic rings. The van der Waals surface area contributed by atoms with Crippen molar-refractivity contribution in [1.29, 1.82) is 0 Å². The molecule has 0 saturated heterocycles. The Balaban J connectivity index is 1.60. The maximum absolute atomic E-state index is 12.9. The van der Waals surface area contributed by atoms with Gasteiger partial charge in [-0.1, -0.05) is 34.8 Å². The Hall–Kier alpha value is -1.25. The first-order valence-corrected chi connectivity index (χ1v) is 12.3. The van der Waals surface area contributed by atoms with Crippen molar-refractivity contribution in [1.82, 2.24) is 5.32 Å². The highest BCUT2D eigenvalue weighted by Crippen LogP contribution is 2.65. The van der Waals surface area contributed by atoms with Crippen LogP contribution in [0.15, 0.2) is 36.4 Å². The number of halogens is 5. The molecule has 1 fully saturated rings. The van der Waals surface area contributed by atoms with Gasteiger partial charge in [0.1, 0.15) is 4.33 Å². The molecule has 2 amide bonds. The Morgan fingerprint density at radius 1 is 1.00 bits per heavy atom. The SMILES string of the molecule is COCCOCCCNC(=O)c1cc(NC(=O)[C@@H]2C(c3cc(Cl)cc(Cl)c3)C2(Cl)Cl)ccc1Cl. The lowest BCUT2D eigenvalue weighted by Crippen LogP contribution is -2.26. The van der Waals surface area contributed by atoms with Crippen LogP contribution in [-0.2, 0) is 14.3 Å². The lowest BCUT2D eigenvalue weighted by molar-refractivity contribution is -0.117. The van der Waals surface area contributed by atoms with E-state index in [4.69, 9.17) is 67.5 Å². The van der Waals surface area contributed by atoms with Crippen molar-refractivity contribution in [3.05, 3.63) is 62.6 Å². The number of alkyl halides is 2. The molecule has 1 saturated carbocycles. The van der Waals surface area contributed by atoms with Crippen molar-refractivity contribution in [2.75, 3.05) is 38.8 Å². The third kappa shape index (κ3) is 6.91. The van der Waals surface area contributed by atoms with Crippen LogP contribution in [0.25, 0.3) is 0 Å². The summed E-state index contributed by atoms with van der Waals surface area (Å²) in [5.41, 5.74) is 1.29. The summed E-state index contributed by atoms with van der Waals surface area (Å²) in [5, 5.41) is 6.65. The summed E-state index contributed by atoms with van der Waals surface area (Å²) in [6, 6.07) is 9.58. The summed E-state index contributed by atoms with van der Waals surface area (Å²) >= 11 is 31.2. The second kappa shape index (κ2) is 12.1. The van der Waals surface area contributed by atoms with Crippen molar-refractivity contribution in [2.45, 2.75) is 16.7 Å². The largest absolute Gasteiger partial charge is 0.382 e.